The van der Waals surface area contributed by atoms with Crippen molar-refractivity contribution in [1.29, 1.82) is 0 Å². The number of rotatable bonds is 5. The van der Waals surface area contributed by atoms with Gasteiger partial charge >= 0.3 is 11.9 Å². The number of hydrogen-bond acceptors (Lipinski definition) is 4. The smallest absolute Gasteiger partial charge is 0.331 e. The number of aliphatic carboxylic acids is 1. The van der Waals surface area contributed by atoms with Gasteiger partial charge < -0.3 is 14.6 Å². The molecule has 0 saturated heterocycles. The fourth-order valence-electron chi connectivity index (χ4n) is 1.35. The molecular formula is C15H18O5. The van der Waals surface area contributed by atoms with Crippen LogP contribution in [-0.4, -0.2) is 22.6 Å². The number of carboxylic acid groups (broad SMARTS) is 1. The Labute approximate surface area is 117 Å². The molecule has 1 rings (SSSR count). The van der Waals surface area contributed by atoms with Gasteiger partial charge in [-0.15, -0.1) is 0 Å². The Hall–Kier alpha value is -2.30. The number of ether oxygens (including phenoxy) is 2. The van der Waals surface area contributed by atoms with Gasteiger partial charge in [-0.1, -0.05) is 6.58 Å². The minimum Gasteiger partial charge on any atom is -0.488 e. The predicted molar refractivity (Wildman–Crippen MR) is 73.9 cm³/mol. The highest BCUT2D eigenvalue weighted by molar-refractivity contribution is 5.92. The lowest BCUT2D eigenvalue weighted by atomic mass is 10.2. The van der Waals surface area contributed by atoms with E-state index in [1.54, 1.807) is 24.3 Å². The second-order valence-electron chi connectivity index (χ2n) is 5.25. The molecule has 0 aromatic heterocycles. The van der Waals surface area contributed by atoms with Crippen molar-refractivity contribution < 1.29 is 24.2 Å². The van der Waals surface area contributed by atoms with Crippen molar-refractivity contribution >= 4 is 11.9 Å². The Morgan fingerprint density at radius 2 is 1.65 bits per heavy atom. The first-order valence-electron chi connectivity index (χ1n) is 6.08. The summed E-state index contributed by atoms with van der Waals surface area (Å²) in [6, 6.07) is 6.53. The third-order valence-corrected chi connectivity index (χ3v) is 2.14. The van der Waals surface area contributed by atoms with Gasteiger partial charge in [-0.3, -0.25) is 4.79 Å². The van der Waals surface area contributed by atoms with Gasteiger partial charge in [0, 0.05) is 5.57 Å². The summed E-state index contributed by atoms with van der Waals surface area (Å²) in [4.78, 5) is 22.0. The van der Waals surface area contributed by atoms with Crippen LogP contribution in [0.3, 0.4) is 0 Å². The van der Waals surface area contributed by atoms with Crippen LogP contribution in [0, 0.1) is 0 Å². The third kappa shape index (κ3) is 5.56. The maximum Gasteiger partial charge on any atom is 0.331 e. The van der Waals surface area contributed by atoms with Crippen molar-refractivity contribution in [3.05, 3.63) is 36.4 Å². The normalized spacial score (nSPS) is 10.8. The van der Waals surface area contributed by atoms with E-state index in [9.17, 15) is 9.59 Å². The lowest BCUT2D eigenvalue weighted by Gasteiger charge is -2.21. The summed E-state index contributed by atoms with van der Waals surface area (Å²) in [5.74, 6) is -0.889. The monoisotopic (exact) mass is 278 g/mol. The Morgan fingerprint density at radius 3 is 2.10 bits per heavy atom. The number of carbonyl (C=O) groups is 2. The fraction of sp³-hybridized carbons (Fsp3) is 0.333. The molecule has 1 aromatic carbocycles. The largest absolute Gasteiger partial charge is 0.488 e. The molecule has 0 amide bonds. The average molecular weight is 278 g/mol. The molecule has 20 heavy (non-hydrogen) atoms. The van der Waals surface area contributed by atoms with Crippen LogP contribution in [0.2, 0.25) is 0 Å². The molecule has 5 heteroatoms. The van der Waals surface area contributed by atoms with Gasteiger partial charge in [0.05, 0.1) is 6.42 Å². The van der Waals surface area contributed by atoms with E-state index >= 15 is 0 Å². The summed E-state index contributed by atoms with van der Waals surface area (Å²) in [5.41, 5.74) is -0.514. The number of carboxylic acids is 1. The summed E-state index contributed by atoms with van der Waals surface area (Å²) in [6.45, 7) is 9.06. The van der Waals surface area contributed by atoms with Crippen LogP contribution in [0.4, 0.5) is 0 Å². The molecule has 5 nitrogen and oxygen atoms in total. The predicted octanol–water partition coefficient (Wildman–Crippen LogP) is 2.80. The van der Waals surface area contributed by atoms with Crippen molar-refractivity contribution in [2.24, 2.45) is 0 Å². The Kier molecular flexibility index (Phi) is 4.91. The molecule has 0 spiro atoms. The lowest BCUT2D eigenvalue weighted by molar-refractivity contribution is -0.138. The van der Waals surface area contributed by atoms with Gasteiger partial charge in [0.15, 0.2) is 0 Å². The molecular weight excluding hydrogens is 260 g/mol. The molecule has 1 N–H and O–H groups in total. The lowest BCUT2D eigenvalue weighted by Crippen LogP contribution is -2.22. The Bertz CT molecular complexity index is 508. The van der Waals surface area contributed by atoms with E-state index in [-0.39, 0.29) is 17.6 Å². The van der Waals surface area contributed by atoms with Gasteiger partial charge in [0.1, 0.15) is 17.1 Å². The summed E-state index contributed by atoms with van der Waals surface area (Å²) < 4.78 is 10.6. The molecule has 0 aliphatic heterocycles. The second kappa shape index (κ2) is 6.23. The van der Waals surface area contributed by atoms with E-state index in [1.807, 2.05) is 20.8 Å². The maximum absolute atomic E-state index is 11.5. The molecule has 0 fully saturated rings. The van der Waals surface area contributed by atoms with Crippen LogP contribution in [0.15, 0.2) is 36.4 Å². The second-order valence-corrected chi connectivity index (χ2v) is 5.25. The van der Waals surface area contributed by atoms with E-state index in [2.05, 4.69) is 6.58 Å². The van der Waals surface area contributed by atoms with Crippen LogP contribution in [0.25, 0.3) is 0 Å². The number of esters is 1. The summed E-state index contributed by atoms with van der Waals surface area (Å²) >= 11 is 0. The van der Waals surface area contributed by atoms with Gasteiger partial charge in [0.25, 0.3) is 0 Å². The standard InChI is InChI=1S/C15H18O5/c1-10(14(17)18)9-13(16)19-11-5-7-12(8-6-11)20-15(2,3)4/h5-8H,1,9H2,2-4H3,(H,17,18). The molecule has 0 aliphatic carbocycles. The van der Waals surface area contributed by atoms with Gasteiger partial charge in [-0.25, -0.2) is 4.79 Å². The van der Waals surface area contributed by atoms with Crippen LogP contribution < -0.4 is 9.47 Å². The third-order valence-electron chi connectivity index (χ3n) is 2.14. The summed E-state index contributed by atoms with van der Waals surface area (Å²) in [5, 5.41) is 8.62. The summed E-state index contributed by atoms with van der Waals surface area (Å²) in [7, 11) is 0. The van der Waals surface area contributed by atoms with Gasteiger partial charge in [0.2, 0.25) is 0 Å². The zero-order valence-electron chi connectivity index (χ0n) is 11.8. The minimum atomic E-state index is -1.21. The topological polar surface area (TPSA) is 72.8 Å². The molecule has 108 valence electrons. The minimum absolute atomic E-state index is 0.206. The molecule has 0 unspecified atom stereocenters. The Morgan fingerprint density at radius 1 is 1.15 bits per heavy atom. The molecule has 0 atom stereocenters. The molecule has 0 aliphatic rings. The van der Waals surface area contributed by atoms with Crippen molar-refractivity contribution in [2.75, 3.05) is 0 Å². The zero-order valence-corrected chi connectivity index (χ0v) is 11.8. The van der Waals surface area contributed by atoms with Gasteiger partial charge in [-0.05, 0) is 45.0 Å². The Balaban J connectivity index is 2.59. The zero-order chi connectivity index (χ0) is 15.3. The van der Waals surface area contributed by atoms with Crippen molar-refractivity contribution in [3.8, 4) is 11.5 Å². The van der Waals surface area contributed by atoms with Gasteiger partial charge in [-0.2, -0.15) is 0 Å². The van der Waals surface area contributed by atoms with Crippen molar-refractivity contribution in [3.63, 3.8) is 0 Å². The van der Waals surface area contributed by atoms with Crippen LogP contribution in [-0.2, 0) is 9.59 Å². The summed E-state index contributed by atoms with van der Waals surface area (Å²) in [6.07, 6.45) is -0.352. The average Bonchev–Trinajstić information content (AvgIpc) is 2.29. The molecule has 0 saturated carbocycles. The highest BCUT2D eigenvalue weighted by Crippen LogP contribution is 2.22. The van der Waals surface area contributed by atoms with E-state index in [4.69, 9.17) is 14.6 Å². The number of carbonyl (C=O) groups excluding carboxylic acids is 1. The maximum atomic E-state index is 11.5. The highest BCUT2D eigenvalue weighted by atomic mass is 16.5. The van der Waals surface area contributed by atoms with Crippen molar-refractivity contribution in [2.45, 2.75) is 32.8 Å². The van der Waals surface area contributed by atoms with E-state index in [0.29, 0.717) is 11.5 Å². The van der Waals surface area contributed by atoms with E-state index in [0.717, 1.165) is 0 Å². The first-order chi connectivity index (χ1) is 9.17. The highest BCUT2D eigenvalue weighted by Gasteiger charge is 2.14. The SMILES string of the molecule is C=C(CC(=O)Oc1ccc(OC(C)(C)C)cc1)C(=O)O. The molecule has 0 bridgehead atoms. The number of hydrogen-bond donors (Lipinski definition) is 1. The number of benzene rings is 1. The first kappa shape index (κ1) is 15.8. The first-order valence-corrected chi connectivity index (χ1v) is 6.08. The quantitative estimate of drug-likeness (QED) is 0.509. The van der Waals surface area contributed by atoms with E-state index in [1.165, 1.54) is 0 Å². The van der Waals surface area contributed by atoms with Crippen molar-refractivity contribution in [1.82, 2.24) is 0 Å². The van der Waals surface area contributed by atoms with Crippen LogP contribution >= 0.6 is 0 Å². The molecule has 0 heterocycles. The molecule has 0 radical (unpaired) electrons. The van der Waals surface area contributed by atoms with Crippen LogP contribution in [0.1, 0.15) is 27.2 Å². The molecule has 1 aromatic rings. The van der Waals surface area contributed by atoms with Crippen LogP contribution in [0.5, 0.6) is 11.5 Å². The fourth-order valence-corrected chi connectivity index (χ4v) is 1.35. The van der Waals surface area contributed by atoms with E-state index < -0.39 is 11.9 Å².